The highest BCUT2D eigenvalue weighted by Gasteiger charge is 2.58. The molecule has 0 spiro atoms. The van der Waals surface area contributed by atoms with Crippen molar-refractivity contribution in [2.75, 3.05) is 39.8 Å². The lowest BCUT2D eigenvalue weighted by Gasteiger charge is -2.60. The maximum atomic E-state index is 11.8. The van der Waals surface area contributed by atoms with Crippen molar-refractivity contribution < 1.29 is 9.53 Å². The van der Waals surface area contributed by atoms with Crippen LogP contribution in [-0.4, -0.2) is 61.6 Å². The summed E-state index contributed by atoms with van der Waals surface area (Å²) in [6.45, 7) is 10.8. The van der Waals surface area contributed by atoms with Crippen molar-refractivity contribution in [1.29, 1.82) is 0 Å². The Hall–Kier alpha value is -1.13. The molecule has 7 atom stereocenters. The summed E-state index contributed by atoms with van der Waals surface area (Å²) in [6.07, 6.45) is 16.6. The summed E-state index contributed by atoms with van der Waals surface area (Å²) >= 11 is 0. The molecule has 4 heteroatoms. The van der Waals surface area contributed by atoms with Crippen molar-refractivity contribution in [2.45, 2.75) is 77.7 Å². The molecule has 0 aromatic carbocycles. The monoisotopic (exact) mass is 452 g/mol. The zero-order valence-corrected chi connectivity index (χ0v) is 21.2. The Labute approximate surface area is 200 Å². The summed E-state index contributed by atoms with van der Waals surface area (Å²) in [5.41, 5.74) is 3.80. The molecule has 4 nitrogen and oxygen atoms in total. The van der Waals surface area contributed by atoms with Gasteiger partial charge in [-0.2, -0.15) is 0 Å². The average Bonchev–Trinajstić information content (AvgIpc) is 3.30. The number of carbonyl (C=O) groups excluding carboxylic acids is 1. The number of rotatable bonds is 2. The van der Waals surface area contributed by atoms with Crippen LogP contribution in [0.3, 0.4) is 0 Å². The van der Waals surface area contributed by atoms with E-state index in [0.717, 1.165) is 30.2 Å². The molecule has 0 N–H and O–H groups in total. The molecule has 0 amide bonds. The molecule has 1 unspecified atom stereocenters. The fourth-order valence-corrected chi connectivity index (χ4v) is 9.48. The summed E-state index contributed by atoms with van der Waals surface area (Å²) < 4.78 is 5.31. The number of hydrogen-bond acceptors (Lipinski definition) is 4. The number of cyclic esters (lactones) is 1. The molecule has 2 aliphatic heterocycles. The molecule has 0 bridgehead atoms. The van der Waals surface area contributed by atoms with Gasteiger partial charge in [-0.3, -0.25) is 4.90 Å². The van der Waals surface area contributed by atoms with Gasteiger partial charge < -0.3 is 9.64 Å². The van der Waals surface area contributed by atoms with E-state index in [-0.39, 0.29) is 11.4 Å². The number of allylic oxidation sites excluding steroid dienone is 2. The van der Waals surface area contributed by atoms with Gasteiger partial charge in [0.05, 0.1) is 0 Å². The molecule has 0 radical (unpaired) electrons. The van der Waals surface area contributed by atoms with Crippen LogP contribution < -0.4 is 0 Å². The molecular formula is C29H44N2O2. The van der Waals surface area contributed by atoms with Crippen LogP contribution in [0.2, 0.25) is 0 Å². The van der Waals surface area contributed by atoms with E-state index in [1.807, 2.05) is 0 Å². The van der Waals surface area contributed by atoms with Gasteiger partial charge in [0.25, 0.3) is 0 Å². The number of carbonyl (C=O) groups is 1. The van der Waals surface area contributed by atoms with E-state index in [1.54, 1.807) is 11.6 Å². The summed E-state index contributed by atoms with van der Waals surface area (Å²) in [4.78, 5) is 17.1. The number of fused-ring (bicyclic) bond motifs is 5. The number of nitrogens with zero attached hydrogens (tertiary/aromatic N) is 2. The third kappa shape index (κ3) is 3.57. The van der Waals surface area contributed by atoms with Crippen LogP contribution in [0.15, 0.2) is 23.3 Å². The highest BCUT2D eigenvalue weighted by atomic mass is 16.5. The topological polar surface area (TPSA) is 32.8 Å². The zero-order chi connectivity index (χ0) is 22.8. The zero-order valence-electron chi connectivity index (χ0n) is 21.2. The van der Waals surface area contributed by atoms with E-state index in [0.29, 0.717) is 17.9 Å². The third-order valence-electron chi connectivity index (χ3n) is 11.4. The molecule has 0 aromatic heterocycles. The van der Waals surface area contributed by atoms with Gasteiger partial charge >= 0.3 is 5.97 Å². The van der Waals surface area contributed by atoms with Crippen molar-refractivity contribution in [1.82, 2.24) is 9.80 Å². The Kier molecular flexibility index (Phi) is 5.57. The minimum absolute atomic E-state index is 0.128. The van der Waals surface area contributed by atoms with Gasteiger partial charge in [-0.1, -0.05) is 25.5 Å². The molecule has 182 valence electrons. The van der Waals surface area contributed by atoms with E-state index in [4.69, 9.17) is 4.74 Å². The Bertz CT molecular complexity index is 864. The molecule has 3 saturated carbocycles. The first-order chi connectivity index (χ1) is 15.9. The van der Waals surface area contributed by atoms with Crippen LogP contribution >= 0.6 is 0 Å². The van der Waals surface area contributed by atoms with Crippen LogP contribution in [0, 0.1) is 34.5 Å². The first-order valence-electron chi connectivity index (χ1n) is 13.9. The van der Waals surface area contributed by atoms with Crippen LogP contribution in [0.25, 0.3) is 0 Å². The lowest BCUT2D eigenvalue weighted by molar-refractivity contribution is -0.135. The first-order valence-corrected chi connectivity index (χ1v) is 13.9. The van der Waals surface area contributed by atoms with Gasteiger partial charge in [-0.15, -0.1) is 0 Å². The van der Waals surface area contributed by atoms with Crippen molar-refractivity contribution in [3.8, 4) is 0 Å². The molecule has 4 fully saturated rings. The molecule has 0 aromatic rings. The lowest BCUT2D eigenvalue weighted by Crippen LogP contribution is -2.54. The first kappa shape index (κ1) is 22.3. The van der Waals surface area contributed by atoms with Crippen molar-refractivity contribution >= 4 is 5.97 Å². The van der Waals surface area contributed by atoms with E-state index < -0.39 is 0 Å². The second kappa shape index (κ2) is 8.22. The van der Waals surface area contributed by atoms with Gasteiger partial charge in [0.2, 0.25) is 0 Å². The number of likely N-dealkylation sites (N-methyl/N-ethyl adjacent to an activating group) is 1. The Balaban J connectivity index is 1.18. The van der Waals surface area contributed by atoms with Crippen LogP contribution in [0.5, 0.6) is 0 Å². The predicted octanol–water partition coefficient (Wildman–Crippen LogP) is 5.05. The van der Waals surface area contributed by atoms with Crippen LogP contribution in [0.1, 0.15) is 71.6 Å². The smallest absolute Gasteiger partial charge is 0.331 e. The molecule has 33 heavy (non-hydrogen) atoms. The molecule has 2 heterocycles. The maximum Gasteiger partial charge on any atom is 0.331 e. The Morgan fingerprint density at radius 3 is 2.73 bits per heavy atom. The predicted molar refractivity (Wildman–Crippen MR) is 132 cm³/mol. The quantitative estimate of drug-likeness (QED) is 0.433. The summed E-state index contributed by atoms with van der Waals surface area (Å²) in [5.74, 6) is 2.90. The van der Waals surface area contributed by atoms with E-state index >= 15 is 0 Å². The minimum atomic E-state index is -0.128. The Morgan fingerprint density at radius 2 is 1.91 bits per heavy atom. The SMILES string of the molecule is CN1CCCN(C2CC[C@@]3(C)[C@H](CC[C@H]4C5=CC[C@H](C6=CC(=O)OC6)[C@@]5(C)CC[C@@H]43)C2)CC1. The van der Waals surface area contributed by atoms with Gasteiger partial charge in [0.15, 0.2) is 0 Å². The van der Waals surface area contributed by atoms with Crippen molar-refractivity contribution in [3.05, 3.63) is 23.3 Å². The molecule has 1 saturated heterocycles. The van der Waals surface area contributed by atoms with Crippen molar-refractivity contribution in [3.63, 3.8) is 0 Å². The number of ether oxygens (including phenoxy) is 1. The van der Waals surface area contributed by atoms with Crippen molar-refractivity contribution in [2.24, 2.45) is 34.5 Å². The highest BCUT2D eigenvalue weighted by molar-refractivity contribution is 5.85. The fraction of sp³-hybridized carbons (Fsp3) is 0.828. The van der Waals surface area contributed by atoms with Crippen LogP contribution in [0.4, 0.5) is 0 Å². The summed E-state index contributed by atoms with van der Waals surface area (Å²) in [6, 6.07) is 0.821. The van der Waals surface area contributed by atoms with E-state index in [9.17, 15) is 4.79 Å². The van der Waals surface area contributed by atoms with Gasteiger partial charge in [-0.25, -0.2) is 4.79 Å². The summed E-state index contributed by atoms with van der Waals surface area (Å²) in [7, 11) is 2.29. The third-order valence-corrected chi connectivity index (χ3v) is 11.4. The van der Waals surface area contributed by atoms with E-state index in [2.05, 4.69) is 36.8 Å². The van der Waals surface area contributed by atoms with Gasteiger partial charge in [-0.05, 0) is 118 Å². The summed E-state index contributed by atoms with van der Waals surface area (Å²) in [5, 5.41) is 0. The maximum absolute atomic E-state index is 11.8. The second-order valence-corrected chi connectivity index (χ2v) is 12.8. The number of esters is 1. The molecule has 4 aliphatic carbocycles. The second-order valence-electron chi connectivity index (χ2n) is 12.8. The fourth-order valence-electron chi connectivity index (χ4n) is 9.48. The lowest BCUT2D eigenvalue weighted by atomic mass is 9.45. The minimum Gasteiger partial charge on any atom is -0.458 e. The molecule has 6 rings (SSSR count). The molecular weight excluding hydrogens is 408 g/mol. The highest BCUT2D eigenvalue weighted by Crippen LogP contribution is 2.66. The average molecular weight is 453 g/mol. The van der Waals surface area contributed by atoms with Crippen LogP contribution in [-0.2, 0) is 9.53 Å². The van der Waals surface area contributed by atoms with E-state index in [1.165, 1.54) is 83.1 Å². The largest absolute Gasteiger partial charge is 0.458 e. The Morgan fingerprint density at radius 1 is 1.03 bits per heavy atom. The van der Waals surface area contributed by atoms with Gasteiger partial charge in [0.1, 0.15) is 6.61 Å². The number of hydrogen-bond donors (Lipinski definition) is 0. The normalized spacial score (nSPS) is 46.5. The molecule has 6 aliphatic rings. The van der Waals surface area contributed by atoms with Gasteiger partial charge in [0, 0.05) is 25.2 Å². The standard InChI is InChI=1S/C29H44N2O2/c1-28-11-9-22(31-14-4-13-30(3)15-16-31)18-21(28)5-6-23-25-8-7-24(20-17-27(32)33-19-20)29(25,2)12-10-26(23)28/h8,17,21-24,26H,4-7,9-16,18-19H2,1-3H3/t21-,22?,23+,24-,26+,28+,29-/m1/s1.